The molecule has 0 aromatic rings. The second kappa shape index (κ2) is 6.48. The van der Waals surface area contributed by atoms with Crippen molar-refractivity contribution < 1.29 is 14.6 Å². The number of ether oxygens (including phenoxy) is 1. The lowest BCUT2D eigenvalue weighted by Crippen LogP contribution is -2.38. The van der Waals surface area contributed by atoms with Gasteiger partial charge in [-0.05, 0) is 26.7 Å². The topological polar surface area (TPSA) is 46.5 Å². The van der Waals surface area contributed by atoms with Crippen molar-refractivity contribution in [3.63, 3.8) is 0 Å². The maximum atomic E-state index is 11.3. The van der Waals surface area contributed by atoms with Crippen LogP contribution in [0.25, 0.3) is 0 Å². The molecular weight excluding hydrogens is 204 g/mol. The first kappa shape index (κ1) is 14.9. The molecular formula is C13H22O3. The van der Waals surface area contributed by atoms with Crippen LogP contribution in [0.1, 0.15) is 33.6 Å². The van der Waals surface area contributed by atoms with E-state index in [1.165, 1.54) is 12.7 Å². The SMILES string of the molecule is C=C[C@](C)(CCC=C(C)C)[C@H](O)C(=O)OC. The molecule has 0 saturated heterocycles. The Morgan fingerprint density at radius 1 is 1.56 bits per heavy atom. The fraction of sp³-hybridized carbons (Fsp3) is 0.615. The quantitative estimate of drug-likeness (QED) is 0.559. The highest BCUT2D eigenvalue weighted by molar-refractivity contribution is 5.75. The summed E-state index contributed by atoms with van der Waals surface area (Å²) in [6.07, 6.45) is 4.01. The average Bonchev–Trinajstić information content (AvgIpc) is 2.26. The van der Waals surface area contributed by atoms with E-state index in [1.54, 1.807) is 13.0 Å². The molecule has 0 rings (SSSR count). The number of methoxy groups -OCH3 is 1. The number of aliphatic hydroxyl groups is 1. The van der Waals surface area contributed by atoms with Crippen molar-refractivity contribution >= 4 is 5.97 Å². The molecule has 0 amide bonds. The molecule has 16 heavy (non-hydrogen) atoms. The molecule has 92 valence electrons. The molecule has 0 spiro atoms. The highest BCUT2D eigenvalue weighted by Crippen LogP contribution is 2.30. The van der Waals surface area contributed by atoms with Crippen LogP contribution in [0.15, 0.2) is 24.3 Å². The highest BCUT2D eigenvalue weighted by Gasteiger charge is 2.35. The molecule has 1 N–H and O–H groups in total. The van der Waals surface area contributed by atoms with Gasteiger partial charge in [0.2, 0.25) is 0 Å². The zero-order valence-corrected chi connectivity index (χ0v) is 10.6. The van der Waals surface area contributed by atoms with E-state index in [-0.39, 0.29) is 0 Å². The summed E-state index contributed by atoms with van der Waals surface area (Å²) in [4.78, 5) is 11.3. The van der Waals surface area contributed by atoms with Crippen LogP contribution in [-0.4, -0.2) is 24.3 Å². The van der Waals surface area contributed by atoms with E-state index in [0.29, 0.717) is 6.42 Å². The standard InChI is InChI=1S/C13H22O3/c1-6-13(4,9-7-8-10(2)3)11(14)12(15)16-5/h6,8,11,14H,1,7,9H2,2-5H3/t11-,13-/m1/s1. The van der Waals surface area contributed by atoms with Gasteiger partial charge < -0.3 is 9.84 Å². The lowest BCUT2D eigenvalue weighted by atomic mass is 9.80. The number of aliphatic hydroxyl groups excluding tert-OH is 1. The van der Waals surface area contributed by atoms with Crippen molar-refractivity contribution in [3.05, 3.63) is 24.3 Å². The maximum absolute atomic E-state index is 11.3. The Balaban J connectivity index is 4.58. The summed E-state index contributed by atoms with van der Waals surface area (Å²) in [5.74, 6) is -0.611. The summed E-state index contributed by atoms with van der Waals surface area (Å²) in [7, 11) is 1.27. The third-order valence-electron chi connectivity index (χ3n) is 2.75. The summed E-state index contributed by atoms with van der Waals surface area (Å²) >= 11 is 0. The van der Waals surface area contributed by atoms with Gasteiger partial charge in [0, 0.05) is 5.41 Å². The summed E-state index contributed by atoms with van der Waals surface area (Å²) < 4.78 is 4.54. The largest absolute Gasteiger partial charge is 0.467 e. The van der Waals surface area contributed by atoms with Crippen LogP contribution < -0.4 is 0 Å². The van der Waals surface area contributed by atoms with Gasteiger partial charge in [-0.3, -0.25) is 0 Å². The summed E-state index contributed by atoms with van der Waals surface area (Å²) in [6.45, 7) is 9.52. The Labute approximate surface area is 97.8 Å². The van der Waals surface area contributed by atoms with Gasteiger partial charge in [-0.2, -0.15) is 0 Å². The van der Waals surface area contributed by atoms with E-state index < -0.39 is 17.5 Å². The second-order valence-corrected chi connectivity index (χ2v) is 4.46. The van der Waals surface area contributed by atoms with Gasteiger partial charge in [-0.15, -0.1) is 6.58 Å². The molecule has 0 aliphatic heterocycles. The minimum Gasteiger partial charge on any atom is -0.467 e. The number of allylic oxidation sites excluding steroid dienone is 2. The molecule has 2 atom stereocenters. The van der Waals surface area contributed by atoms with Crippen molar-refractivity contribution in [3.8, 4) is 0 Å². The number of carbonyl (C=O) groups is 1. The van der Waals surface area contributed by atoms with Crippen LogP contribution in [0.3, 0.4) is 0 Å². The predicted octanol–water partition coefficient (Wildman–Crippen LogP) is 2.46. The first-order chi connectivity index (χ1) is 7.37. The monoisotopic (exact) mass is 226 g/mol. The Bertz CT molecular complexity index is 277. The van der Waals surface area contributed by atoms with E-state index in [0.717, 1.165) is 6.42 Å². The van der Waals surface area contributed by atoms with Gasteiger partial charge in [0.15, 0.2) is 6.10 Å². The van der Waals surface area contributed by atoms with E-state index in [1.807, 2.05) is 13.8 Å². The zero-order valence-electron chi connectivity index (χ0n) is 10.6. The molecule has 0 saturated carbocycles. The molecule has 0 aromatic heterocycles. The van der Waals surface area contributed by atoms with Gasteiger partial charge in [-0.25, -0.2) is 4.79 Å². The third kappa shape index (κ3) is 4.19. The lowest BCUT2D eigenvalue weighted by molar-refractivity contribution is -0.155. The normalized spacial score (nSPS) is 15.8. The van der Waals surface area contributed by atoms with Crippen LogP contribution in [0.5, 0.6) is 0 Å². The molecule has 0 aromatic carbocycles. The zero-order chi connectivity index (χ0) is 12.8. The van der Waals surface area contributed by atoms with Crippen LogP contribution in [0.4, 0.5) is 0 Å². The minimum atomic E-state index is -1.15. The fourth-order valence-corrected chi connectivity index (χ4v) is 1.40. The molecule has 0 radical (unpaired) electrons. The van der Waals surface area contributed by atoms with Crippen molar-refractivity contribution in [2.75, 3.05) is 7.11 Å². The molecule has 0 aliphatic carbocycles. The molecule has 3 heteroatoms. The van der Waals surface area contributed by atoms with E-state index in [9.17, 15) is 9.90 Å². The predicted molar refractivity (Wildman–Crippen MR) is 65.0 cm³/mol. The van der Waals surface area contributed by atoms with E-state index in [4.69, 9.17) is 0 Å². The molecule has 0 heterocycles. The van der Waals surface area contributed by atoms with Crippen LogP contribution in [0.2, 0.25) is 0 Å². The van der Waals surface area contributed by atoms with Crippen molar-refractivity contribution in [2.24, 2.45) is 5.41 Å². The lowest BCUT2D eigenvalue weighted by Gasteiger charge is -2.29. The maximum Gasteiger partial charge on any atom is 0.335 e. The second-order valence-electron chi connectivity index (χ2n) is 4.46. The molecule has 3 nitrogen and oxygen atoms in total. The number of esters is 1. The summed E-state index contributed by atoms with van der Waals surface area (Å²) in [6, 6.07) is 0. The van der Waals surface area contributed by atoms with E-state index in [2.05, 4.69) is 17.4 Å². The Morgan fingerprint density at radius 3 is 2.50 bits per heavy atom. The van der Waals surface area contributed by atoms with Crippen LogP contribution >= 0.6 is 0 Å². The van der Waals surface area contributed by atoms with Crippen molar-refractivity contribution in [2.45, 2.75) is 39.7 Å². The number of hydrogen-bond donors (Lipinski definition) is 1. The summed E-state index contributed by atoms with van der Waals surface area (Å²) in [5, 5.41) is 9.84. The minimum absolute atomic E-state index is 0.611. The van der Waals surface area contributed by atoms with Crippen LogP contribution in [0, 0.1) is 5.41 Å². The number of hydrogen-bond acceptors (Lipinski definition) is 3. The molecule has 0 aliphatic rings. The Hall–Kier alpha value is -1.09. The van der Waals surface area contributed by atoms with Gasteiger partial charge in [0.05, 0.1) is 7.11 Å². The molecule has 0 bridgehead atoms. The first-order valence-corrected chi connectivity index (χ1v) is 5.40. The van der Waals surface area contributed by atoms with Gasteiger partial charge in [0.25, 0.3) is 0 Å². The fourth-order valence-electron chi connectivity index (χ4n) is 1.40. The summed E-state index contributed by atoms with van der Waals surface area (Å²) in [5.41, 5.74) is 0.581. The third-order valence-corrected chi connectivity index (χ3v) is 2.75. The van der Waals surface area contributed by atoms with Gasteiger partial charge in [-0.1, -0.05) is 24.6 Å². The smallest absolute Gasteiger partial charge is 0.335 e. The van der Waals surface area contributed by atoms with Gasteiger partial charge in [0.1, 0.15) is 0 Å². The Kier molecular flexibility index (Phi) is 6.04. The van der Waals surface area contributed by atoms with Crippen molar-refractivity contribution in [1.29, 1.82) is 0 Å². The number of carbonyl (C=O) groups excluding carboxylic acids is 1. The van der Waals surface area contributed by atoms with E-state index >= 15 is 0 Å². The average molecular weight is 226 g/mol. The van der Waals surface area contributed by atoms with Gasteiger partial charge >= 0.3 is 5.97 Å². The molecule has 0 fully saturated rings. The van der Waals surface area contributed by atoms with Crippen molar-refractivity contribution in [1.82, 2.24) is 0 Å². The Morgan fingerprint density at radius 2 is 2.12 bits per heavy atom. The van der Waals surface area contributed by atoms with Crippen LogP contribution in [-0.2, 0) is 9.53 Å². The highest BCUT2D eigenvalue weighted by atomic mass is 16.5. The number of rotatable bonds is 6. The first-order valence-electron chi connectivity index (χ1n) is 5.40. The molecule has 0 unspecified atom stereocenters.